The Morgan fingerprint density at radius 3 is 2.48 bits per heavy atom. The Balaban J connectivity index is 1.94. The average Bonchev–Trinajstić information content (AvgIpc) is 2.48. The van der Waals surface area contributed by atoms with Crippen molar-refractivity contribution >= 4 is 5.69 Å². The summed E-state index contributed by atoms with van der Waals surface area (Å²) in [6.45, 7) is 4.86. The zero-order valence-corrected chi connectivity index (χ0v) is 12.9. The number of ether oxygens (including phenoxy) is 2. The molecule has 2 aromatic rings. The van der Waals surface area contributed by atoms with Crippen molar-refractivity contribution in [1.29, 1.82) is 0 Å². The highest BCUT2D eigenvalue weighted by molar-refractivity contribution is 5.49. The molecule has 112 valence electrons. The molecule has 1 atom stereocenters. The fourth-order valence-electron chi connectivity index (χ4n) is 2.29. The molecule has 3 heteroatoms. The third-order valence-electron chi connectivity index (χ3n) is 3.26. The van der Waals surface area contributed by atoms with E-state index in [0.717, 1.165) is 23.6 Å². The third kappa shape index (κ3) is 4.71. The maximum absolute atomic E-state index is 5.52. The summed E-state index contributed by atoms with van der Waals surface area (Å²) in [5.41, 5.74) is 2.37. The standard InChI is InChI=1S/C18H23NO2/c1-4-21-18-7-5-6-16(13-18)19-14(2)12-15-8-10-17(20-3)11-9-15/h5-11,13-14,19H,4,12H2,1-3H3. The third-order valence-corrected chi connectivity index (χ3v) is 3.26. The maximum atomic E-state index is 5.52. The molecule has 3 nitrogen and oxygen atoms in total. The molecule has 2 rings (SSSR count). The predicted octanol–water partition coefficient (Wildman–Crippen LogP) is 4.14. The molecule has 0 aliphatic heterocycles. The van der Waals surface area contributed by atoms with Crippen molar-refractivity contribution in [3.05, 3.63) is 54.1 Å². The minimum atomic E-state index is 0.343. The van der Waals surface area contributed by atoms with Crippen LogP contribution >= 0.6 is 0 Å². The van der Waals surface area contributed by atoms with Crippen LogP contribution in [0.2, 0.25) is 0 Å². The molecule has 0 aliphatic rings. The van der Waals surface area contributed by atoms with Crippen LogP contribution in [-0.2, 0) is 6.42 Å². The Hall–Kier alpha value is -2.16. The summed E-state index contributed by atoms with van der Waals surface area (Å²) in [5, 5.41) is 3.51. The first-order chi connectivity index (χ1) is 10.2. The van der Waals surface area contributed by atoms with Crippen molar-refractivity contribution < 1.29 is 9.47 Å². The van der Waals surface area contributed by atoms with E-state index in [0.29, 0.717) is 12.6 Å². The fourth-order valence-corrected chi connectivity index (χ4v) is 2.29. The summed E-state index contributed by atoms with van der Waals surface area (Å²) in [6, 6.07) is 16.6. The van der Waals surface area contributed by atoms with Gasteiger partial charge in [0, 0.05) is 17.8 Å². The first-order valence-corrected chi connectivity index (χ1v) is 7.33. The molecule has 0 heterocycles. The summed E-state index contributed by atoms with van der Waals surface area (Å²) in [5.74, 6) is 1.79. The maximum Gasteiger partial charge on any atom is 0.121 e. The smallest absolute Gasteiger partial charge is 0.121 e. The van der Waals surface area contributed by atoms with Gasteiger partial charge >= 0.3 is 0 Å². The van der Waals surface area contributed by atoms with Crippen molar-refractivity contribution in [3.8, 4) is 11.5 Å². The van der Waals surface area contributed by atoms with Crippen molar-refractivity contribution in [3.63, 3.8) is 0 Å². The molecule has 1 unspecified atom stereocenters. The molecule has 0 amide bonds. The number of rotatable bonds is 7. The van der Waals surface area contributed by atoms with Gasteiger partial charge in [0.15, 0.2) is 0 Å². The topological polar surface area (TPSA) is 30.5 Å². The van der Waals surface area contributed by atoms with E-state index in [-0.39, 0.29) is 0 Å². The molecule has 0 spiro atoms. The van der Waals surface area contributed by atoms with Gasteiger partial charge in [-0.3, -0.25) is 0 Å². The molecule has 0 aromatic heterocycles. The van der Waals surface area contributed by atoms with Gasteiger partial charge in [0.25, 0.3) is 0 Å². The van der Waals surface area contributed by atoms with E-state index in [9.17, 15) is 0 Å². The minimum Gasteiger partial charge on any atom is -0.497 e. The van der Waals surface area contributed by atoms with E-state index < -0.39 is 0 Å². The Morgan fingerprint density at radius 1 is 1.05 bits per heavy atom. The summed E-state index contributed by atoms with van der Waals surface area (Å²) in [7, 11) is 1.69. The summed E-state index contributed by atoms with van der Waals surface area (Å²) >= 11 is 0. The van der Waals surface area contributed by atoms with E-state index in [1.54, 1.807) is 7.11 Å². The van der Waals surface area contributed by atoms with Crippen LogP contribution in [0, 0.1) is 0 Å². The molecule has 0 fully saturated rings. The van der Waals surface area contributed by atoms with Gasteiger partial charge in [-0.2, -0.15) is 0 Å². The lowest BCUT2D eigenvalue weighted by Crippen LogP contribution is -2.18. The molecular formula is C18H23NO2. The van der Waals surface area contributed by atoms with Gasteiger partial charge in [-0.15, -0.1) is 0 Å². The van der Waals surface area contributed by atoms with Gasteiger partial charge in [-0.25, -0.2) is 0 Å². The molecule has 1 N–H and O–H groups in total. The highest BCUT2D eigenvalue weighted by Crippen LogP contribution is 2.19. The van der Waals surface area contributed by atoms with Crippen LogP contribution in [0.15, 0.2) is 48.5 Å². The minimum absolute atomic E-state index is 0.343. The van der Waals surface area contributed by atoms with Crippen molar-refractivity contribution in [1.82, 2.24) is 0 Å². The van der Waals surface area contributed by atoms with E-state index in [2.05, 4.69) is 30.4 Å². The fraction of sp³-hybridized carbons (Fsp3) is 0.333. The summed E-state index contributed by atoms with van der Waals surface area (Å²) in [4.78, 5) is 0. The predicted molar refractivity (Wildman–Crippen MR) is 87.4 cm³/mol. The molecule has 2 aromatic carbocycles. The van der Waals surface area contributed by atoms with Crippen LogP contribution in [0.25, 0.3) is 0 Å². The van der Waals surface area contributed by atoms with Crippen LogP contribution in [0.4, 0.5) is 5.69 Å². The van der Waals surface area contributed by atoms with Gasteiger partial charge in [-0.05, 0) is 50.1 Å². The lowest BCUT2D eigenvalue weighted by Gasteiger charge is -2.16. The zero-order chi connectivity index (χ0) is 15.1. The van der Waals surface area contributed by atoms with Crippen LogP contribution < -0.4 is 14.8 Å². The van der Waals surface area contributed by atoms with Gasteiger partial charge in [0.1, 0.15) is 11.5 Å². The number of nitrogens with one attached hydrogen (secondary N) is 1. The summed E-state index contributed by atoms with van der Waals surface area (Å²) in [6.07, 6.45) is 0.961. The van der Waals surface area contributed by atoms with E-state index in [4.69, 9.17) is 9.47 Å². The Labute approximate surface area is 126 Å². The number of hydrogen-bond acceptors (Lipinski definition) is 3. The van der Waals surface area contributed by atoms with Crippen molar-refractivity contribution in [2.45, 2.75) is 26.3 Å². The first-order valence-electron chi connectivity index (χ1n) is 7.33. The van der Waals surface area contributed by atoms with Gasteiger partial charge in [-0.1, -0.05) is 18.2 Å². The number of benzene rings is 2. The first kappa shape index (κ1) is 15.2. The molecule has 0 bridgehead atoms. The second kappa shape index (κ2) is 7.58. The lowest BCUT2D eigenvalue weighted by atomic mass is 10.1. The van der Waals surface area contributed by atoms with Gasteiger partial charge < -0.3 is 14.8 Å². The van der Waals surface area contributed by atoms with Crippen molar-refractivity contribution in [2.75, 3.05) is 19.0 Å². The summed E-state index contributed by atoms with van der Waals surface area (Å²) < 4.78 is 10.7. The SMILES string of the molecule is CCOc1cccc(NC(C)Cc2ccc(OC)cc2)c1. The Morgan fingerprint density at radius 2 is 1.81 bits per heavy atom. The van der Waals surface area contributed by atoms with Gasteiger partial charge in [0.05, 0.1) is 13.7 Å². The van der Waals surface area contributed by atoms with Crippen LogP contribution in [0.3, 0.4) is 0 Å². The number of methoxy groups -OCH3 is 1. The zero-order valence-electron chi connectivity index (χ0n) is 12.9. The highest BCUT2D eigenvalue weighted by atomic mass is 16.5. The van der Waals surface area contributed by atoms with E-state index in [1.165, 1.54) is 5.56 Å². The number of anilines is 1. The van der Waals surface area contributed by atoms with Crippen molar-refractivity contribution in [2.24, 2.45) is 0 Å². The monoisotopic (exact) mass is 285 g/mol. The molecular weight excluding hydrogens is 262 g/mol. The molecule has 0 radical (unpaired) electrons. The van der Waals surface area contributed by atoms with Crippen LogP contribution in [-0.4, -0.2) is 19.8 Å². The second-order valence-electron chi connectivity index (χ2n) is 5.06. The normalized spacial score (nSPS) is 11.8. The quantitative estimate of drug-likeness (QED) is 0.829. The van der Waals surface area contributed by atoms with Crippen LogP contribution in [0.1, 0.15) is 19.4 Å². The van der Waals surface area contributed by atoms with Crippen LogP contribution in [0.5, 0.6) is 11.5 Å². The molecule has 0 saturated carbocycles. The largest absolute Gasteiger partial charge is 0.497 e. The molecule has 21 heavy (non-hydrogen) atoms. The number of hydrogen-bond donors (Lipinski definition) is 1. The second-order valence-corrected chi connectivity index (χ2v) is 5.06. The molecule has 0 saturated heterocycles. The lowest BCUT2D eigenvalue weighted by molar-refractivity contribution is 0.340. The van der Waals surface area contributed by atoms with Gasteiger partial charge in [0.2, 0.25) is 0 Å². The highest BCUT2D eigenvalue weighted by Gasteiger charge is 2.05. The molecule has 0 aliphatic carbocycles. The van der Waals surface area contributed by atoms with E-state index in [1.807, 2.05) is 37.3 Å². The average molecular weight is 285 g/mol. The Bertz CT molecular complexity index is 551. The Kier molecular flexibility index (Phi) is 5.50. The van der Waals surface area contributed by atoms with E-state index >= 15 is 0 Å².